The van der Waals surface area contributed by atoms with Crippen molar-refractivity contribution in [1.29, 1.82) is 0 Å². The first kappa shape index (κ1) is 36.8. The molecule has 0 aromatic rings. The van der Waals surface area contributed by atoms with E-state index in [9.17, 15) is 0 Å². The number of rotatable bonds is 26. The van der Waals surface area contributed by atoms with Gasteiger partial charge in [0.25, 0.3) is 0 Å². The molecule has 208 valence electrons. The smallest absolute Gasteiger partial charge is 0.224 e. The Bertz CT molecular complexity index is 394. The number of likely N-dealkylation sites (N-methyl/N-ethyl adjacent to an activating group) is 1. The first-order chi connectivity index (χ1) is 16.0. The van der Waals surface area contributed by atoms with Crippen LogP contribution in [0.1, 0.15) is 156 Å². The molecule has 0 aliphatic rings. The van der Waals surface area contributed by atoms with Crippen LogP contribution in [-0.2, 0) is 9.47 Å². The minimum atomic E-state index is -0.266. The van der Waals surface area contributed by atoms with Crippen LogP contribution in [0.4, 0.5) is 0 Å². The van der Waals surface area contributed by atoms with Crippen molar-refractivity contribution >= 4 is 0 Å². The van der Waals surface area contributed by atoms with E-state index in [1.807, 2.05) is 0 Å². The van der Waals surface area contributed by atoms with Gasteiger partial charge in [0.2, 0.25) is 5.72 Å². The molecule has 0 heterocycles. The first-order valence-electron chi connectivity index (χ1n) is 15.0. The molecule has 0 aromatic carbocycles. The van der Waals surface area contributed by atoms with E-state index in [2.05, 4.69) is 41.8 Å². The number of ether oxygens (including phenoxy) is 2. The van der Waals surface area contributed by atoms with E-state index in [0.29, 0.717) is 0 Å². The summed E-state index contributed by atoms with van der Waals surface area (Å²) >= 11 is 0. The second-order valence-electron chi connectivity index (χ2n) is 10.8. The number of halogens is 1. The Balaban J connectivity index is 0. The third-order valence-electron chi connectivity index (χ3n) is 7.53. The Morgan fingerprint density at radius 1 is 0.559 bits per heavy atom. The number of nitrogens with one attached hydrogen (secondary N) is 1. The molecule has 0 bridgehead atoms. The minimum Gasteiger partial charge on any atom is -1.00 e. The average Bonchev–Trinajstić information content (AvgIpc) is 2.80. The number of hydrogen-bond donors (Lipinski definition) is 1. The lowest BCUT2D eigenvalue weighted by Crippen LogP contribution is -3.16. The first-order valence-corrected chi connectivity index (χ1v) is 15.0. The van der Waals surface area contributed by atoms with Gasteiger partial charge in [0.05, 0.1) is 20.7 Å². The molecule has 0 rings (SSSR count). The number of unbranched alkanes of at least 4 members (excludes halogenated alkanes) is 18. The lowest BCUT2D eigenvalue weighted by atomic mass is 10.1. The molecule has 1 N–H and O–H groups in total. The zero-order valence-electron chi connectivity index (χ0n) is 24.3. The van der Waals surface area contributed by atoms with E-state index in [-0.39, 0.29) is 35.8 Å². The van der Waals surface area contributed by atoms with Crippen LogP contribution in [0.2, 0.25) is 0 Å². The third-order valence-corrected chi connectivity index (χ3v) is 7.53. The molecule has 0 amide bonds. The van der Waals surface area contributed by atoms with Crippen LogP contribution in [0, 0.1) is 0 Å². The second-order valence-corrected chi connectivity index (χ2v) is 10.8. The van der Waals surface area contributed by atoms with Gasteiger partial charge in [-0.05, 0) is 19.8 Å². The summed E-state index contributed by atoms with van der Waals surface area (Å²) < 4.78 is 12.7. The topological polar surface area (TPSA) is 22.9 Å². The van der Waals surface area contributed by atoms with E-state index in [1.165, 1.54) is 133 Å². The fourth-order valence-corrected chi connectivity index (χ4v) is 4.55. The fourth-order valence-electron chi connectivity index (χ4n) is 4.55. The molecule has 0 aliphatic carbocycles. The molecule has 0 spiro atoms. The van der Waals surface area contributed by atoms with Gasteiger partial charge in [-0.2, -0.15) is 0 Å². The molecular formula is C30H64INO2. The summed E-state index contributed by atoms with van der Waals surface area (Å²) in [6.07, 6.45) is 27.4. The number of quaternary nitrogens is 1. The maximum Gasteiger partial charge on any atom is 0.224 e. The Morgan fingerprint density at radius 2 is 0.882 bits per heavy atom. The molecule has 2 atom stereocenters. The van der Waals surface area contributed by atoms with Crippen LogP contribution < -0.4 is 28.9 Å². The highest BCUT2D eigenvalue weighted by molar-refractivity contribution is 4.70. The normalized spacial score (nSPS) is 14.2. The van der Waals surface area contributed by atoms with Gasteiger partial charge in [0.1, 0.15) is 6.10 Å². The van der Waals surface area contributed by atoms with Crippen molar-refractivity contribution in [2.75, 3.05) is 27.3 Å². The van der Waals surface area contributed by atoms with Gasteiger partial charge in [0, 0.05) is 13.5 Å². The minimum absolute atomic E-state index is 0. The lowest BCUT2D eigenvalue weighted by Gasteiger charge is -2.37. The van der Waals surface area contributed by atoms with Gasteiger partial charge < -0.3 is 38.4 Å². The summed E-state index contributed by atoms with van der Waals surface area (Å²) in [5, 5.41) is 0. The molecule has 2 unspecified atom stereocenters. The summed E-state index contributed by atoms with van der Waals surface area (Å²) in [7, 11) is 4.39. The largest absolute Gasteiger partial charge is 1.00 e. The molecule has 0 saturated carbocycles. The lowest BCUT2D eigenvalue weighted by molar-refractivity contribution is -0.947. The third kappa shape index (κ3) is 20.8. The molecule has 34 heavy (non-hydrogen) atoms. The molecule has 0 saturated heterocycles. The zero-order chi connectivity index (χ0) is 24.6. The van der Waals surface area contributed by atoms with Crippen LogP contribution in [0.5, 0.6) is 0 Å². The van der Waals surface area contributed by atoms with Crippen LogP contribution in [0.3, 0.4) is 0 Å². The predicted molar refractivity (Wildman–Crippen MR) is 146 cm³/mol. The van der Waals surface area contributed by atoms with Crippen LogP contribution >= 0.6 is 0 Å². The van der Waals surface area contributed by atoms with Gasteiger partial charge in [-0.15, -0.1) is 0 Å². The highest BCUT2D eigenvalue weighted by atomic mass is 127. The molecule has 3 nitrogen and oxygen atoms in total. The van der Waals surface area contributed by atoms with Crippen LogP contribution in [0.15, 0.2) is 0 Å². The van der Waals surface area contributed by atoms with Gasteiger partial charge in [-0.25, -0.2) is 0 Å². The van der Waals surface area contributed by atoms with Gasteiger partial charge >= 0.3 is 0 Å². The van der Waals surface area contributed by atoms with Crippen molar-refractivity contribution in [3.05, 3.63) is 0 Å². The van der Waals surface area contributed by atoms with E-state index in [0.717, 1.165) is 13.2 Å². The van der Waals surface area contributed by atoms with Crippen molar-refractivity contribution in [1.82, 2.24) is 0 Å². The van der Waals surface area contributed by atoms with Crippen molar-refractivity contribution < 1.29 is 38.4 Å². The maximum absolute atomic E-state index is 6.41. The highest BCUT2D eigenvalue weighted by Gasteiger charge is 2.39. The van der Waals surface area contributed by atoms with E-state index in [4.69, 9.17) is 9.47 Å². The molecular weight excluding hydrogens is 533 g/mol. The quantitative estimate of drug-likeness (QED) is 0.0851. The summed E-state index contributed by atoms with van der Waals surface area (Å²) in [6.45, 7) is 10.7. The maximum atomic E-state index is 6.41. The van der Waals surface area contributed by atoms with E-state index >= 15 is 0 Å². The SMILES string of the molecule is CCCCCCCCCCCCOC(C)C(C)(OCCCCCCCCCCCC)[NH+](C)C.[I-]. The van der Waals surface area contributed by atoms with Gasteiger partial charge in [-0.1, -0.05) is 129 Å². The number of hydrogen-bond acceptors (Lipinski definition) is 2. The summed E-state index contributed by atoms with van der Waals surface area (Å²) in [4.78, 5) is 1.32. The van der Waals surface area contributed by atoms with Gasteiger partial charge in [0.15, 0.2) is 0 Å². The van der Waals surface area contributed by atoms with E-state index < -0.39 is 0 Å². The van der Waals surface area contributed by atoms with Crippen molar-refractivity contribution in [2.24, 2.45) is 0 Å². The Kier molecular flexibility index (Phi) is 28.8. The van der Waals surface area contributed by atoms with Crippen molar-refractivity contribution in [3.8, 4) is 0 Å². The fraction of sp³-hybridized carbons (Fsp3) is 1.00. The molecule has 0 aromatic heterocycles. The van der Waals surface area contributed by atoms with Crippen molar-refractivity contribution in [2.45, 2.75) is 168 Å². The Morgan fingerprint density at radius 3 is 1.24 bits per heavy atom. The zero-order valence-corrected chi connectivity index (χ0v) is 26.5. The molecule has 4 heteroatoms. The molecule has 0 aliphatic heterocycles. The average molecular weight is 598 g/mol. The molecule has 0 fully saturated rings. The standard InChI is InChI=1S/C30H63NO2.HI/c1-7-9-11-13-15-17-19-21-23-25-27-32-29(3)30(4,31(5)6)33-28-26-24-22-20-18-16-14-12-10-8-2;/h29H,7-28H2,1-6H3;1H. The Hall–Kier alpha value is 0.610. The predicted octanol–water partition coefficient (Wildman–Crippen LogP) is 5.11. The Labute approximate surface area is 232 Å². The summed E-state index contributed by atoms with van der Waals surface area (Å²) in [6, 6.07) is 0. The summed E-state index contributed by atoms with van der Waals surface area (Å²) in [5.41, 5.74) is -0.266. The summed E-state index contributed by atoms with van der Waals surface area (Å²) in [5.74, 6) is 0. The van der Waals surface area contributed by atoms with Crippen molar-refractivity contribution in [3.63, 3.8) is 0 Å². The van der Waals surface area contributed by atoms with Crippen LogP contribution in [-0.4, -0.2) is 39.1 Å². The second kappa shape index (κ2) is 26.7. The molecule has 0 radical (unpaired) electrons. The monoisotopic (exact) mass is 597 g/mol. The van der Waals surface area contributed by atoms with Gasteiger partial charge in [-0.3, -0.25) is 0 Å². The van der Waals surface area contributed by atoms with E-state index in [1.54, 1.807) is 0 Å². The highest BCUT2D eigenvalue weighted by Crippen LogP contribution is 2.16. The van der Waals surface area contributed by atoms with Crippen LogP contribution in [0.25, 0.3) is 0 Å².